The Morgan fingerprint density at radius 2 is 1.91 bits per heavy atom. The molecule has 2 aliphatic rings. The average molecular weight is 482 g/mol. The van der Waals surface area contributed by atoms with Crippen molar-refractivity contribution in [2.75, 3.05) is 50.2 Å². The van der Waals surface area contributed by atoms with Crippen molar-refractivity contribution < 1.29 is 14.2 Å². The Balaban J connectivity index is 0.00000141. The molecule has 1 saturated carbocycles. The molecule has 0 unspecified atom stereocenters. The van der Waals surface area contributed by atoms with Gasteiger partial charge in [-0.25, -0.2) is 14.4 Å². The second-order valence-electron chi connectivity index (χ2n) is 9.06. The van der Waals surface area contributed by atoms with Crippen LogP contribution in [0.2, 0.25) is 0 Å². The van der Waals surface area contributed by atoms with Gasteiger partial charge in [-0.3, -0.25) is 4.98 Å². The molecule has 7 nitrogen and oxygen atoms in total. The van der Waals surface area contributed by atoms with Crippen molar-refractivity contribution in [3.05, 3.63) is 48.0 Å². The second-order valence-corrected chi connectivity index (χ2v) is 9.06. The van der Waals surface area contributed by atoms with E-state index in [0.717, 1.165) is 54.1 Å². The van der Waals surface area contributed by atoms with Crippen LogP contribution in [0.4, 0.5) is 15.9 Å². The minimum absolute atomic E-state index is 0.0766. The number of methoxy groups -OCH3 is 1. The van der Waals surface area contributed by atoms with Crippen LogP contribution in [-0.4, -0.2) is 60.5 Å². The van der Waals surface area contributed by atoms with Crippen molar-refractivity contribution in [1.82, 2.24) is 15.0 Å². The van der Waals surface area contributed by atoms with E-state index in [2.05, 4.69) is 20.9 Å². The zero-order chi connectivity index (χ0) is 25.0. The highest BCUT2D eigenvalue weighted by atomic mass is 19.1. The van der Waals surface area contributed by atoms with E-state index in [-0.39, 0.29) is 6.61 Å². The van der Waals surface area contributed by atoms with Crippen LogP contribution in [-0.2, 0) is 5.67 Å². The van der Waals surface area contributed by atoms with E-state index in [0.29, 0.717) is 31.1 Å². The smallest absolute Gasteiger partial charge is 0.170 e. The molecule has 35 heavy (non-hydrogen) atoms. The minimum Gasteiger partial charge on any atom is -0.495 e. The Hall–Kier alpha value is -3.00. The summed E-state index contributed by atoms with van der Waals surface area (Å²) in [6.07, 6.45) is 6.46. The number of pyridine rings is 1. The van der Waals surface area contributed by atoms with E-state index in [4.69, 9.17) is 9.72 Å². The largest absolute Gasteiger partial charge is 0.495 e. The van der Waals surface area contributed by atoms with E-state index in [1.54, 1.807) is 13.3 Å². The van der Waals surface area contributed by atoms with Gasteiger partial charge >= 0.3 is 0 Å². The van der Waals surface area contributed by atoms with Gasteiger partial charge in [0.25, 0.3) is 0 Å². The number of halogens is 1. The van der Waals surface area contributed by atoms with Gasteiger partial charge < -0.3 is 19.6 Å². The number of ether oxygens (including phenoxy) is 1. The molecular formula is C27H36FN5O2. The van der Waals surface area contributed by atoms with Gasteiger partial charge in [0.1, 0.15) is 11.6 Å². The number of piperidine rings is 1. The summed E-state index contributed by atoms with van der Waals surface area (Å²) in [7, 11) is 3.63. The van der Waals surface area contributed by atoms with E-state index < -0.39 is 5.67 Å². The van der Waals surface area contributed by atoms with Crippen molar-refractivity contribution >= 4 is 22.4 Å². The molecule has 8 heteroatoms. The van der Waals surface area contributed by atoms with Gasteiger partial charge in [-0.15, -0.1) is 0 Å². The van der Waals surface area contributed by atoms with Crippen molar-refractivity contribution in [3.63, 3.8) is 0 Å². The maximum atomic E-state index is 15.0. The van der Waals surface area contributed by atoms with Crippen LogP contribution in [0.15, 0.2) is 36.7 Å². The molecule has 1 aliphatic heterocycles. The number of benzene rings is 1. The lowest BCUT2D eigenvalue weighted by Crippen LogP contribution is -2.34. The number of likely N-dealkylation sites (N-methyl/N-ethyl adjacent to an activating group) is 1. The fourth-order valence-electron chi connectivity index (χ4n) is 4.69. The van der Waals surface area contributed by atoms with Crippen LogP contribution in [0.5, 0.6) is 5.75 Å². The Kier molecular flexibility index (Phi) is 7.69. The molecule has 1 aromatic carbocycles. The zero-order valence-electron chi connectivity index (χ0n) is 21.2. The van der Waals surface area contributed by atoms with Gasteiger partial charge in [0.2, 0.25) is 0 Å². The summed E-state index contributed by atoms with van der Waals surface area (Å²) in [6.45, 7) is 6.25. The van der Waals surface area contributed by atoms with E-state index in [1.165, 1.54) is 5.56 Å². The molecule has 2 fully saturated rings. The lowest BCUT2D eigenvalue weighted by atomic mass is 9.89. The van der Waals surface area contributed by atoms with Crippen LogP contribution in [0, 0.1) is 0 Å². The standard InChI is InChI=1S/C25H30FN5O2.C2H6/c1-30(13-14-32)18-3-4-21-20(15-18)23(29-24(28-21)25(26)8-9-25)31-11-6-17(7-12-31)19-5-10-27-16-22(19)33-2;1-2/h3-5,10,15-17,32H,6-9,11-14H2,1-2H3;1-2H3. The quantitative estimate of drug-likeness (QED) is 0.518. The van der Waals surface area contributed by atoms with Gasteiger partial charge in [-0.1, -0.05) is 13.8 Å². The molecule has 3 heterocycles. The number of anilines is 2. The van der Waals surface area contributed by atoms with E-state index in [9.17, 15) is 9.50 Å². The third kappa shape index (κ3) is 5.17. The lowest BCUT2D eigenvalue weighted by molar-refractivity contribution is 0.301. The number of alkyl halides is 1. The van der Waals surface area contributed by atoms with Crippen LogP contribution in [0.3, 0.4) is 0 Å². The molecule has 188 valence electrons. The predicted octanol–water partition coefficient (Wildman–Crippen LogP) is 4.83. The maximum absolute atomic E-state index is 15.0. The Morgan fingerprint density at radius 1 is 1.17 bits per heavy atom. The second kappa shape index (κ2) is 10.7. The van der Waals surface area contributed by atoms with Crippen LogP contribution in [0.1, 0.15) is 56.8 Å². The number of nitrogens with zero attached hydrogens (tertiary/aromatic N) is 5. The first-order valence-electron chi connectivity index (χ1n) is 12.6. The van der Waals surface area contributed by atoms with Crippen molar-refractivity contribution in [2.24, 2.45) is 0 Å². The first-order valence-corrected chi connectivity index (χ1v) is 12.6. The summed E-state index contributed by atoms with van der Waals surface area (Å²) in [6, 6.07) is 8.01. The average Bonchev–Trinajstić information content (AvgIpc) is 3.67. The fourth-order valence-corrected chi connectivity index (χ4v) is 4.69. The number of fused-ring (bicyclic) bond motifs is 1. The molecule has 0 amide bonds. The van der Waals surface area contributed by atoms with Gasteiger partial charge in [0.05, 0.1) is 25.4 Å². The Labute approximate surface area is 207 Å². The highest BCUT2D eigenvalue weighted by Crippen LogP contribution is 2.49. The molecule has 5 rings (SSSR count). The summed E-state index contributed by atoms with van der Waals surface area (Å²) in [5, 5.41) is 10.3. The SMILES string of the molecule is CC.COc1cnccc1C1CCN(c2nc(C3(F)CC3)nc3ccc(N(C)CCO)cc23)CC1. The first kappa shape index (κ1) is 25.1. The molecule has 3 aromatic rings. The minimum atomic E-state index is -1.39. The van der Waals surface area contributed by atoms with Crippen LogP contribution in [0.25, 0.3) is 10.9 Å². The molecule has 1 aliphatic carbocycles. The summed E-state index contributed by atoms with van der Waals surface area (Å²) in [5.74, 6) is 2.32. The normalized spacial score (nSPS) is 17.0. The third-order valence-corrected chi connectivity index (χ3v) is 6.90. The molecule has 0 bridgehead atoms. The van der Waals surface area contributed by atoms with E-state index >= 15 is 0 Å². The monoisotopic (exact) mass is 481 g/mol. The van der Waals surface area contributed by atoms with Crippen molar-refractivity contribution in [1.29, 1.82) is 0 Å². The van der Waals surface area contributed by atoms with Gasteiger partial charge in [-0.05, 0) is 55.9 Å². The number of rotatable bonds is 7. The molecule has 0 atom stereocenters. The summed E-state index contributed by atoms with van der Waals surface area (Å²) >= 11 is 0. The number of aromatic nitrogens is 3. The molecule has 2 aromatic heterocycles. The summed E-state index contributed by atoms with van der Waals surface area (Å²) in [5.41, 5.74) is 1.54. The number of hydrogen-bond donors (Lipinski definition) is 1. The molecule has 1 saturated heterocycles. The highest BCUT2D eigenvalue weighted by molar-refractivity contribution is 5.92. The van der Waals surface area contributed by atoms with Gasteiger partial charge in [0.15, 0.2) is 11.5 Å². The molecule has 0 radical (unpaired) electrons. The Morgan fingerprint density at radius 3 is 2.57 bits per heavy atom. The third-order valence-electron chi connectivity index (χ3n) is 6.90. The maximum Gasteiger partial charge on any atom is 0.170 e. The number of aliphatic hydroxyl groups is 1. The van der Waals surface area contributed by atoms with Gasteiger partial charge in [0, 0.05) is 49.5 Å². The van der Waals surface area contributed by atoms with Crippen molar-refractivity contribution in [3.8, 4) is 5.75 Å². The summed E-state index contributed by atoms with van der Waals surface area (Å²) < 4.78 is 20.5. The fraction of sp³-hybridized carbons (Fsp3) is 0.519. The summed E-state index contributed by atoms with van der Waals surface area (Å²) in [4.78, 5) is 17.8. The highest BCUT2D eigenvalue weighted by Gasteiger charge is 2.48. The zero-order valence-corrected chi connectivity index (χ0v) is 21.2. The molecule has 0 spiro atoms. The first-order chi connectivity index (χ1) is 17.0. The molecular weight excluding hydrogens is 445 g/mol. The topological polar surface area (TPSA) is 74.6 Å². The lowest BCUT2D eigenvalue weighted by Gasteiger charge is -2.34. The Bertz CT molecular complexity index is 1150. The van der Waals surface area contributed by atoms with Crippen molar-refractivity contribution in [2.45, 2.75) is 51.1 Å². The molecule has 1 N–H and O–H groups in total. The van der Waals surface area contributed by atoms with Gasteiger partial charge in [-0.2, -0.15) is 0 Å². The number of aliphatic hydroxyl groups excluding tert-OH is 1. The number of hydrogen-bond acceptors (Lipinski definition) is 7. The predicted molar refractivity (Wildman–Crippen MR) is 138 cm³/mol. The van der Waals surface area contributed by atoms with Crippen LogP contribution < -0.4 is 14.5 Å². The van der Waals surface area contributed by atoms with Crippen LogP contribution >= 0.6 is 0 Å². The van der Waals surface area contributed by atoms with E-state index in [1.807, 2.05) is 50.2 Å².